The van der Waals surface area contributed by atoms with Crippen LogP contribution in [-0.4, -0.2) is 54.4 Å². The molecule has 1 aliphatic rings. The molecular weight excluding hydrogens is 248 g/mol. The summed E-state index contributed by atoms with van der Waals surface area (Å²) in [6, 6.07) is -0.641. The van der Waals surface area contributed by atoms with Gasteiger partial charge in [0.25, 0.3) is 0 Å². The number of hydrogen-bond donors (Lipinski definition) is 1. The fraction of sp³-hybridized carbons (Fsp3) is 0.889. The van der Waals surface area contributed by atoms with Crippen molar-refractivity contribution in [1.29, 1.82) is 0 Å². The van der Waals surface area contributed by atoms with E-state index in [0.29, 0.717) is 12.3 Å². The Morgan fingerprint density at radius 1 is 1.62 bits per heavy atom. The number of carbonyl (C=O) groups excluding carboxylic acids is 1. The van der Waals surface area contributed by atoms with E-state index < -0.39 is 21.3 Å². The molecule has 1 saturated heterocycles. The number of carbonyl (C=O) groups is 1. The van der Waals surface area contributed by atoms with Gasteiger partial charge in [0.05, 0.1) is 6.04 Å². The molecule has 0 aromatic heterocycles. The van der Waals surface area contributed by atoms with Crippen LogP contribution in [-0.2, 0) is 14.6 Å². The standard InChI is InChI=1S/C9H18N2O3S2/c1-3-16(13,14)8-6-15-5-4-11(8)9(12)7(2)10/h7-8H,3-6,10H2,1-2H3/t7-,8?/m1/s1. The second-order valence-electron chi connectivity index (χ2n) is 3.80. The van der Waals surface area contributed by atoms with E-state index in [1.165, 1.54) is 4.90 Å². The Hall–Kier alpha value is -0.270. The molecular formula is C9H18N2O3S2. The summed E-state index contributed by atoms with van der Waals surface area (Å²) in [5.74, 6) is 1.01. The van der Waals surface area contributed by atoms with Gasteiger partial charge in [0.15, 0.2) is 9.84 Å². The molecule has 5 nitrogen and oxygen atoms in total. The maximum atomic E-state index is 11.8. The normalized spacial score (nSPS) is 24.2. The van der Waals surface area contributed by atoms with E-state index in [1.54, 1.807) is 25.6 Å². The molecule has 2 atom stereocenters. The molecule has 2 N–H and O–H groups in total. The first kappa shape index (κ1) is 13.8. The predicted octanol–water partition coefficient (Wildman–Crippen LogP) is -0.330. The highest BCUT2D eigenvalue weighted by Gasteiger charge is 2.36. The van der Waals surface area contributed by atoms with Crippen LogP contribution in [0.25, 0.3) is 0 Å². The summed E-state index contributed by atoms with van der Waals surface area (Å²) in [4.78, 5) is 13.2. The van der Waals surface area contributed by atoms with Gasteiger partial charge in [-0.3, -0.25) is 4.79 Å². The topological polar surface area (TPSA) is 80.5 Å². The molecule has 0 aliphatic carbocycles. The van der Waals surface area contributed by atoms with Crippen molar-refractivity contribution in [2.75, 3.05) is 23.8 Å². The Bertz CT molecular complexity index is 354. The Kier molecular flexibility index (Phi) is 4.63. The Morgan fingerprint density at radius 3 is 2.75 bits per heavy atom. The number of nitrogens with zero attached hydrogens (tertiary/aromatic N) is 1. The number of thioether (sulfide) groups is 1. The van der Waals surface area contributed by atoms with Crippen LogP contribution in [0, 0.1) is 0 Å². The summed E-state index contributed by atoms with van der Waals surface area (Å²) in [6.07, 6.45) is 0. The van der Waals surface area contributed by atoms with Crippen LogP contribution in [0.4, 0.5) is 0 Å². The zero-order valence-electron chi connectivity index (χ0n) is 9.55. The molecule has 16 heavy (non-hydrogen) atoms. The maximum absolute atomic E-state index is 11.8. The average Bonchev–Trinajstić information content (AvgIpc) is 2.28. The van der Waals surface area contributed by atoms with E-state index in [-0.39, 0.29) is 11.7 Å². The zero-order chi connectivity index (χ0) is 12.3. The lowest BCUT2D eigenvalue weighted by molar-refractivity contribution is -0.132. The van der Waals surface area contributed by atoms with Crippen LogP contribution in [0.1, 0.15) is 13.8 Å². The summed E-state index contributed by atoms with van der Waals surface area (Å²) < 4.78 is 23.7. The molecule has 1 amide bonds. The molecule has 0 saturated carbocycles. The van der Waals surface area contributed by atoms with Crippen molar-refractivity contribution < 1.29 is 13.2 Å². The van der Waals surface area contributed by atoms with Crippen molar-refractivity contribution in [2.24, 2.45) is 5.73 Å². The Labute approximate surface area is 101 Å². The minimum Gasteiger partial charge on any atom is -0.323 e. The van der Waals surface area contributed by atoms with Crippen molar-refractivity contribution >= 4 is 27.5 Å². The van der Waals surface area contributed by atoms with Crippen LogP contribution in [0.15, 0.2) is 0 Å². The minimum atomic E-state index is -3.22. The summed E-state index contributed by atoms with van der Waals surface area (Å²) in [7, 11) is -3.22. The quantitative estimate of drug-likeness (QED) is 0.756. The van der Waals surface area contributed by atoms with Crippen molar-refractivity contribution in [3.05, 3.63) is 0 Å². The van der Waals surface area contributed by atoms with Gasteiger partial charge < -0.3 is 10.6 Å². The van der Waals surface area contributed by atoms with E-state index in [2.05, 4.69) is 0 Å². The van der Waals surface area contributed by atoms with E-state index in [9.17, 15) is 13.2 Å². The van der Waals surface area contributed by atoms with Crippen LogP contribution < -0.4 is 5.73 Å². The summed E-state index contributed by atoms with van der Waals surface area (Å²) in [6.45, 7) is 3.65. The fourth-order valence-electron chi connectivity index (χ4n) is 1.58. The number of rotatable bonds is 3. The number of nitrogens with two attached hydrogens (primary N) is 1. The third kappa shape index (κ3) is 2.89. The predicted molar refractivity (Wildman–Crippen MR) is 65.9 cm³/mol. The zero-order valence-corrected chi connectivity index (χ0v) is 11.2. The highest BCUT2D eigenvalue weighted by Crippen LogP contribution is 2.21. The molecule has 0 spiro atoms. The first-order chi connectivity index (χ1) is 7.40. The van der Waals surface area contributed by atoms with E-state index >= 15 is 0 Å². The average molecular weight is 266 g/mol. The molecule has 7 heteroatoms. The van der Waals surface area contributed by atoms with Crippen molar-refractivity contribution in [3.8, 4) is 0 Å². The van der Waals surface area contributed by atoms with Gasteiger partial charge in [-0.05, 0) is 6.92 Å². The van der Waals surface area contributed by atoms with Gasteiger partial charge in [-0.2, -0.15) is 11.8 Å². The molecule has 1 unspecified atom stereocenters. The second kappa shape index (κ2) is 5.37. The Balaban J connectivity index is 2.92. The molecule has 0 aromatic carbocycles. The summed E-state index contributed by atoms with van der Waals surface area (Å²) in [5.41, 5.74) is 5.52. The van der Waals surface area contributed by atoms with E-state index in [1.807, 2.05) is 0 Å². The molecule has 0 bridgehead atoms. The minimum absolute atomic E-state index is 0.0565. The third-order valence-corrected chi connectivity index (χ3v) is 5.86. The maximum Gasteiger partial charge on any atom is 0.240 e. The van der Waals surface area contributed by atoms with Gasteiger partial charge in [0.1, 0.15) is 5.37 Å². The second-order valence-corrected chi connectivity index (χ2v) is 7.40. The van der Waals surface area contributed by atoms with E-state index in [4.69, 9.17) is 5.73 Å². The molecule has 1 fully saturated rings. The highest BCUT2D eigenvalue weighted by molar-refractivity contribution is 8.01. The summed E-state index contributed by atoms with van der Waals surface area (Å²) in [5, 5.41) is -0.699. The van der Waals surface area contributed by atoms with Gasteiger partial charge in [-0.1, -0.05) is 6.92 Å². The van der Waals surface area contributed by atoms with E-state index in [0.717, 1.165) is 5.75 Å². The van der Waals surface area contributed by atoms with Gasteiger partial charge in [0, 0.05) is 23.8 Å². The first-order valence-electron chi connectivity index (χ1n) is 5.25. The Morgan fingerprint density at radius 2 is 2.25 bits per heavy atom. The van der Waals surface area contributed by atoms with Gasteiger partial charge in [-0.25, -0.2) is 8.42 Å². The number of sulfone groups is 1. The molecule has 1 rings (SSSR count). The largest absolute Gasteiger partial charge is 0.323 e. The lowest BCUT2D eigenvalue weighted by Gasteiger charge is -2.35. The van der Waals surface area contributed by atoms with Crippen LogP contribution in [0.5, 0.6) is 0 Å². The van der Waals surface area contributed by atoms with Crippen LogP contribution in [0.3, 0.4) is 0 Å². The monoisotopic (exact) mass is 266 g/mol. The summed E-state index contributed by atoms with van der Waals surface area (Å²) >= 11 is 1.56. The van der Waals surface area contributed by atoms with Crippen LogP contribution in [0.2, 0.25) is 0 Å². The SMILES string of the molecule is CCS(=O)(=O)C1CSCCN1C(=O)[C@@H](C)N. The number of hydrogen-bond acceptors (Lipinski definition) is 5. The molecule has 94 valence electrons. The molecule has 0 radical (unpaired) electrons. The van der Waals surface area contributed by atoms with Gasteiger partial charge in [0.2, 0.25) is 5.91 Å². The van der Waals surface area contributed by atoms with Crippen molar-refractivity contribution in [3.63, 3.8) is 0 Å². The van der Waals surface area contributed by atoms with Crippen LogP contribution >= 0.6 is 11.8 Å². The van der Waals surface area contributed by atoms with Crippen molar-refractivity contribution in [1.82, 2.24) is 4.90 Å². The van der Waals surface area contributed by atoms with Gasteiger partial charge in [-0.15, -0.1) is 0 Å². The highest BCUT2D eigenvalue weighted by atomic mass is 32.2. The van der Waals surface area contributed by atoms with Crippen molar-refractivity contribution in [2.45, 2.75) is 25.3 Å². The third-order valence-electron chi connectivity index (χ3n) is 2.57. The fourth-order valence-corrected chi connectivity index (χ4v) is 4.56. The molecule has 1 aliphatic heterocycles. The molecule has 1 heterocycles. The number of amides is 1. The lowest BCUT2D eigenvalue weighted by atomic mass is 10.3. The first-order valence-corrected chi connectivity index (χ1v) is 8.12. The van der Waals surface area contributed by atoms with Gasteiger partial charge >= 0.3 is 0 Å². The lowest BCUT2D eigenvalue weighted by Crippen LogP contribution is -2.54. The molecule has 0 aromatic rings. The smallest absolute Gasteiger partial charge is 0.240 e.